The van der Waals surface area contributed by atoms with Crippen LogP contribution in [0, 0.1) is 5.41 Å². The van der Waals surface area contributed by atoms with Crippen molar-refractivity contribution in [2.75, 3.05) is 39.3 Å². The molecule has 0 aromatic heterocycles. The second-order valence-electron chi connectivity index (χ2n) is 6.19. The molecule has 2 aliphatic heterocycles. The average Bonchev–Trinajstić information content (AvgIpc) is 2.72. The molecule has 20 heavy (non-hydrogen) atoms. The summed E-state index contributed by atoms with van der Waals surface area (Å²) in [7, 11) is 0. The van der Waals surface area contributed by atoms with Crippen LogP contribution in [0.5, 0.6) is 0 Å². The van der Waals surface area contributed by atoms with Crippen LogP contribution < -0.4 is 5.32 Å². The first-order valence-corrected chi connectivity index (χ1v) is 7.85. The molecular formula is C15H27N3O2. The van der Waals surface area contributed by atoms with Gasteiger partial charge in [-0.25, -0.2) is 0 Å². The smallest absolute Gasteiger partial charge is 0.228 e. The number of nitrogens with one attached hydrogen (secondary N) is 1. The zero-order valence-electron chi connectivity index (χ0n) is 12.8. The molecule has 2 rings (SSSR count). The van der Waals surface area contributed by atoms with E-state index in [9.17, 15) is 9.59 Å². The Morgan fingerprint density at radius 1 is 1.05 bits per heavy atom. The summed E-state index contributed by atoms with van der Waals surface area (Å²) in [5.41, 5.74) is -0.213. The molecule has 1 N–H and O–H groups in total. The fraction of sp³-hybridized carbons (Fsp3) is 0.867. The molecular weight excluding hydrogens is 254 g/mol. The number of carbonyl (C=O) groups is 2. The zero-order valence-corrected chi connectivity index (χ0v) is 12.8. The summed E-state index contributed by atoms with van der Waals surface area (Å²) < 4.78 is 0. The molecule has 2 aliphatic rings. The standard InChI is InChI=1S/C15H27N3O2/c1-3-13(19)17-9-4-10-18(12-11-17)14(20)15(2)5-7-16-8-6-15/h16H,3-12H2,1-2H3. The Balaban J connectivity index is 1.95. The van der Waals surface area contributed by atoms with Crippen LogP contribution in [0.15, 0.2) is 0 Å². The van der Waals surface area contributed by atoms with E-state index >= 15 is 0 Å². The van der Waals surface area contributed by atoms with Crippen molar-refractivity contribution in [1.82, 2.24) is 15.1 Å². The van der Waals surface area contributed by atoms with Gasteiger partial charge in [-0.15, -0.1) is 0 Å². The van der Waals surface area contributed by atoms with E-state index in [1.165, 1.54) is 0 Å². The lowest BCUT2D eigenvalue weighted by Crippen LogP contribution is -2.48. The molecule has 2 heterocycles. The predicted molar refractivity (Wildman–Crippen MR) is 78.3 cm³/mol. The van der Waals surface area contributed by atoms with Crippen LogP contribution in [0.25, 0.3) is 0 Å². The van der Waals surface area contributed by atoms with Gasteiger partial charge in [-0.1, -0.05) is 13.8 Å². The van der Waals surface area contributed by atoms with Gasteiger partial charge in [0.15, 0.2) is 0 Å². The third-order valence-electron chi connectivity index (χ3n) is 4.66. The number of nitrogens with zero attached hydrogens (tertiary/aromatic N) is 2. The molecule has 2 fully saturated rings. The van der Waals surface area contributed by atoms with Crippen LogP contribution in [-0.2, 0) is 9.59 Å². The summed E-state index contributed by atoms with van der Waals surface area (Å²) in [5.74, 6) is 0.483. The van der Waals surface area contributed by atoms with Crippen molar-refractivity contribution in [3.8, 4) is 0 Å². The van der Waals surface area contributed by atoms with E-state index in [0.717, 1.165) is 45.4 Å². The zero-order chi connectivity index (χ0) is 14.6. The minimum atomic E-state index is -0.213. The van der Waals surface area contributed by atoms with E-state index in [0.29, 0.717) is 19.5 Å². The third kappa shape index (κ3) is 3.32. The number of hydrogen-bond donors (Lipinski definition) is 1. The van der Waals surface area contributed by atoms with Gasteiger partial charge in [0.25, 0.3) is 0 Å². The molecule has 0 aromatic rings. The Morgan fingerprint density at radius 3 is 2.30 bits per heavy atom. The van der Waals surface area contributed by atoms with Gasteiger partial charge in [-0.2, -0.15) is 0 Å². The lowest BCUT2D eigenvalue weighted by atomic mass is 9.79. The molecule has 5 nitrogen and oxygen atoms in total. The van der Waals surface area contributed by atoms with Gasteiger partial charge in [0, 0.05) is 38.0 Å². The van der Waals surface area contributed by atoms with Crippen molar-refractivity contribution < 1.29 is 9.59 Å². The highest BCUT2D eigenvalue weighted by atomic mass is 16.2. The van der Waals surface area contributed by atoms with Crippen LogP contribution in [0.3, 0.4) is 0 Å². The van der Waals surface area contributed by atoms with E-state index in [2.05, 4.69) is 12.2 Å². The molecule has 0 saturated carbocycles. The van der Waals surface area contributed by atoms with Crippen molar-refractivity contribution in [3.05, 3.63) is 0 Å². The van der Waals surface area contributed by atoms with Crippen LogP contribution in [0.1, 0.15) is 39.5 Å². The minimum absolute atomic E-state index is 0.201. The summed E-state index contributed by atoms with van der Waals surface area (Å²) in [4.78, 5) is 28.4. The fourth-order valence-electron chi connectivity index (χ4n) is 3.17. The quantitative estimate of drug-likeness (QED) is 0.816. The first-order chi connectivity index (χ1) is 9.57. The summed E-state index contributed by atoms with van der Waals surface area (Å²) in [5, 5.41) is 3.32. The maximum atomic E-state index is 12.8. The van der Waals surface area contributed by atoms with E-state index in [4.69, 9.17) is 0 Å². The van der Waals surface area contributed by atoms with Crippen molar-refractivity contribution in [2.24, 2.45) is 5.41 Å². The van der Waals surface area contributed by atoms with Gasteiger partial charge in [-0.05, 0) is 32.4 Å². The number of amides is 2. The molecule has 0 unspecified atom stereocenters. The number of rotatable bonds is 2. The number of hydrogen-bond acceptors (Lipinski definition) is 3. The van der Waals surface area contributed by atoms with E-state index in [1.54, 1.807) is 0 Å². The van der Waals surface area contributed by atoms with Gasteiger partial charge in [-0.3, -0.25) is 9.59 Å². The highest BCUT2D eigenvalue weighted by Gasteiger charge is 2.38. The molecule has 114 valence electrons. The Labute approximate surface area is 121 Å². The van der Waals surface area contributed by atoms with Gasteiger partial charge >= 0.3 is 0 Å². The second-order valence-corrected chi connectivity index (χ2v) is 6.19. The maximum Gasteiger partial charge on any atom is 0.228 e. The highest BCUT2D eigenvalue weighted by molar-refractivity contribution is 5.82. The second kappa shape index (κ2) is 6.57. The highest BCUT2D eigenvalue weighted by Crippen LogP contribution is 2.30. The minimum Gasteiger partial charge on any atom is -0.341 e. The maximum absolute atomic E-state index is 12.8. The molecule has 2 saturated heterocycles. The van der Waals surface area contributed by atoms with E-state index in [-0.39, 0.29) is 17.2 Å². The van der Waals surface area contributed by atoms with Crippen LogP contribution >= 0.6 is 0 Å². The lowest BCUT2D eigenvalue weighted by molar-refractivity contribution is -0.143. The van der Waals surface area contributed by atoms with E-state index < -0.39 is 0 Å². The third-order valence-corrected chi connectivity index (χ3v) is 4.66. The predicted octanol–water partition coefficient (Wildman–Crippen LogP) is 0.847. The van der Waals surface area contributed by atoms with Crippen LogP contribution in [-0.4, -0.2) is 60.9 Å². The average molecular weight is 281 g/mol. The Morgan fingerprint density at radius 2 is 1.65 bits per heavy atom. The first-order valence-electron chi connectivity index (χ1n) is 7.85. The van der Waals surface area contributed by atoms with Crippen LogP contribution in [0.2, 0.25) is 0 Å². The molecule has 0 radical (unpaired) electrons. The van der Waals surface area contributed by atoms with E-state index in [1.807, 2.05) is 16.7 Å². The van der Waals surface area contributed by atoms with Crippen molar-refractivity contribution in [2.45, 2.75) is 39.5 Å². The number of carbonyl (C=O) groups excluding carboxylic acids is 2. The Bertz CT molecular complexity index is 364. The van der Waals surface area contributed by atoms with Gasteiger partial charge < -0.3 is 15.1 Å². The summed E-state index contributed by atoms with van der Waals surface area (Å²) >= 11 is 0. The molecule has 2 amide bonds. The Kier molecular flexibility index (Phi) is 5.02. The normalized spacial score (nSPS) is 23.3. The first kappa shape index (κ1) is 15.3. The lowest BCUT2D eigenvalue weighted by Gasteiger charge is -2.37. The monoisotopic (exact) mass is 281 g/mol. The number of piperidine rings is 1. The molecule has 5 heteroatoms. The molecule has 0 atom stereocenters. The summed E-state index contributed by atoms with van der Waals surface area (Å²) in [6, 6.07) is 0. The summed E-state index contributed by atoms with van der Waals surface area (Å²) in [6.07, 6.45) is 3.28. The van der Waals surface area contributed by atoms with Crippen molar-refractivity contribution in [3.63, 3.8) is 0 Å². The largest absolute Gasteiger partial charge is 0.341 e. The van der Waals surface area contributed by atoms with Gasteiger partial charge in [0.1, 0.15) is 0 Å². The topological polar surface area (TPSA) is 52.7 Å². The molecule has 0 aliphatic carbocycles. The van der Waals surface area contributed by atoms with Crippen LogP contribution in [0.4, 0.5) is 0 Å². The van der Waals surface area contributed by atoms with Crippen molar-refractivity contribution >= 4 is 11.8 Å². The fourth-order valence-corrected chi connectivity index (χ4v) is 3.17. The molecule has 0 bridgehead atoms. The Hall–Kier alpha value is -1.10. The molecule has 0 spiro atoms. The molecule has 0 aromatic carbocycles. The summed E-state index contributed by atoms with van der Waals surface area (Å²) in [6.45, 7) is 8.79. The van der Waals surface area contributed by atoms with Crippen molar-refractivity contribution in [1.29, 1.82) is 0 Å². The SMILES string of the molecule is CCC(=O)N1CCCN(C(=O)C2(C)CCNCC2)CC1. The van der Waals surface area contributed by atoms with Gasteiger partial charge in [0.05, 0.1) is 0 Å². The van der Waals surface area contributed by atoms with Gasteiger partial charge in [0.2, 0.25) is 11.8 Å².